The molecule has 2 aliphatic rings. The summed E-state index contributed by atoms with van der Waals surface area (Å²) in [5.41, 5.74) is 1.09. The average Bonchev–Trinajstić information content (AvgIpc) is 2.50. The molecule has 4 nitrogen and oxygen atoms in total. The van der Waals surface area contributed by atoms with E-state index < -0.39 is 0 Å². The highest BCUT2D eigenvalue weighted by molar-refractivity contribution is 7.99. The molecule has 2 aliphatic heterocycles. The fourth-order valence-electron chi connectivity index (χ4n) is 2.88. The van der Waals surface area contributed by atoms with Crippen LogP contribution in [-0.2, 0) is 16.0 Å². The average molecular weight is 290 g/mol. The first-order valence-corrected chi connectivity index (χ1v) is 8.03. The predicted octanol–water partition coefficient (Wildman–Crippen LogP) is 1.36. The topological polar surface area (TPSA) is 40.6 Å². The van der Waals surface area contributed by atoms with Crippen LogP contribution >= 0.6 is 11.8 Å². The lowest BCUT2D eigenvalue weighted by Gasteiger charge is -2.45. The van der Waals surface area contributed by atoms with E-state index in [0.29, 0.717) is 12.3 Å². The van der Waals surface area contributed by atoms with E-state index in [-0.39, 0.29) is 23.9 Å². The van der Waals surface area contributed by atoms with Crippen molar-refractivity contribution in [3.63, 3.8) is 0 Å². The van der Waals surface area contributed by atoms with E-state index in [4.69, 9.17) is 0 Å². The van der Waals surface area contributed by atoms with Crippen molar-refractivity contribution in [2.24, 2.45) is 0 Å². The van der Waals surface area contributed by atoms with Crippen LogP contribution in [0.25, 0.3) is 0 Å². The molecule has 2 saturated heterocycles. The minimum Gasteiger partial charge on any atom is -0.332 e. The second-order valence-corrected chi connectivity index (χ2v) is 6.38. The van der Waals surface area contributed by atoms with Gasteiger partial charge < -0.3 is 9.80 Å². The largest absolute Gasteiger partial charge is 0.332 e. The van der Waals surface area contributed by atoms with E-state index in [1.54, 1.807) is 28.6 Å². The van der Waals surface area contributed by atoms with Crippen LogP contribution < -0.4 is 0 Å². The molecule has 2 atom stereocenters. The molecule has 20 heavy (non-hydrogen) atoms. The first-order chi connectivity index (χ1) is 9.68. The van der Waals surface area contributed by atoms with Gasteiger partial charge in [0.1, 0.15) is 12.1 Å². The number of hydrogen-bond acceptors (Lipinski definition) is 3. The lowest BCUT2D eigenvalue weighted by atomic mass is 9.98. The number of hydrogen-bond donors (Lipinski definition) is 0. The van der Waals surface area contributed by atoms with E-state index in [2.05, 4.69) is 0 Å². The van der Waals surface area contributed by atoms with Gasteiger partial charge in [-0.3, -0.25) is 9.59 Å². The number of piperazine rings is 1. The molecule has 0 bridgehead atoms. The molecular weight excluding hydrogens is 272 g/mol. The Balaban J connectivity index is 1.83. The molecule has 0 unspecified atom stereocenters. The molecule has 2 amide bonds. The summed E-state index contributed by atoms with van der Waals surface area (Å²) in [6.45, 7) is 0. The summed E-state index contributed by atoms with van der Waals surface area (Å²) in [4.78, 5) is 28.5. The highest BCUT2D eigenvalue weighted by Crippen LogP contribution is 2.28. The smallest absolute Gasteiger partial charge is 0.247 e. The van der Waals surface area contributed by atoms with Crippen molar-refractivity contribution in [3.05, 3.63) is 35.9 Å². The normalized spacial score (nSPS) is 26.6. The first-order valence-electron chi connectivity index (χ1n) is 6.87. The van der Waals surface area contributed by atoms with Crippen molar-refractivity contribution in [1.29, 1.82) is 0 Å². The fourth-order valence-corrected chi connectivity index (χ4v) is 3.91. The second kappa shape index (κ2) is 5.48. The number of benzene rings is 1. The SMILES string of the molecule is CN1C(=O)[C@@H]2CCSCN2C(=O)[C@@H]1Cc1ccccc1. The van der Waals surface area contributed by atoms with Crippen molar-refractivity contribution >= 4 is 23.6 Å². The summed E-state index contributed by atoms with van der Waals surface area (Å²) in [7, 11) is 1.76. The number of fused-ring (bicyclic) bond motifs is 1. The van der Waals surface area contributed by atoms with Crippen LogP contribution in [0.2, 0.25) is 0 Å². The van der Waals surface area contributed by atoms with Gasteiger partial charge in [-0.15, -0.1) is 11.8 Å². The molecule has 2 fully saturated rings. The van der Waals surface area contributed by atoms with E-state index in [1.807, 2.05) is 30.3 Å². The Morgan fingerprint density at radius 2 is 1.95 bits per heavy atom. The lowest BCUT2D eigenvalue weighted by molar-refractivity contribution is -0.159. The van der Waals surface area contributed by atoms with Gasteiger partial charge >= 0.3 is 0 Å². The fraction of sp³-hybridized carbons (Fsp3) is 0.467. The summed E-state index contributed by atoms with van der Waals surface area (Å²) < 4.78 is 0. The Kier molecular flexibility index (Phi) is 3.70. The second-order valence-electron chi connectivity index (χ2n) is 5.30. The number of nitrogens with zero attached hydrogens (tertiary/aromatic N) is 2. The van der Waals surface area contributed by atoms with E-state index in [0.717, 1.165) is 17.7 Å². The van der Waals surface area contributed by atoms with E-state index >= 15 is 0 Å². The van der Waals surface area contributed by atoms with Gasteiger partial charge in [0.15, 0.2) is 0 Å². The first kappa shape index (κ1) is 13.5. The Labute approximate surface area is 123 Å². The molecule has 0 spiro atoms. The predicted molar refractivity (Wildman–Crippen MR) is 79.3 cm³/mol. The van der Waals surface area contributed by atoms with Gasteiger partial charge in [-0.25, -0.2) is 0 Å². The van der Waals surface area contributed by atoms with Crippen LogP contribution in [0.5, 0.6) is 0 Å². The number of carbonyl (C=O) groups excluding carboxylic acids is 2. The van der Waals surface area contributed by atoms with Crippen LogP contribution in [0.3, 0.4) is 0 Å². The quantitative estimate of drug-likeness (QED) is 0.826. The minimum atomic E-state index is -0.361. The van der Waals surface area contributed by atoms with Crippen molar-refractivity contribution in [2.75, 3.05) is 18.7 Å². The number of thioether (sulfide) groups is 1. The maximum atomic E-state index is 12.6. The standard InChI is InChI=1S/C15H18N2O2S/c1-16-13(9-11-5-3-2-4-6-11)15(19)17-10-20-8-7-12(17)14(16)18/h2-6,12-13H,7-10H2,1H3/t12-,13-/m0/s1. The molecule has 106 valence electrons. The van der Waals surface area contributed by atoms with Crippen molar-refractivity contribution in [3.8, 4) is 0 Å². The van der Waals surface area contributed by atoms with Gasteiger partial charge in [-0.2, -0.15) is 0 Å². The molecule has 5 heteroatoms. The third-order valence-corrected chi connectivity index (χ3v) is 5.07. The zero-order chi connectivity index (χ0) is 14.1. The molecule has 0 aromatic heterocycles. The highest BCUT2D eigenvalue weighted by Gasteiger charge is 2.45. The van der Waals surface area contributed by atoms with Crippen LogP contribution in [-0.4, -0.2) is 52.4 Å². The number of amides is 2. The molecule has 1 aromatic carbocycles. The van der Waals surface area contributed by atoms with E-state index in [9.17, 15) is 9.59 Å². The minimum absolute atomic E-state index is 0.0887. The molecule has 3 rings (SSSR count). The molecular formula is C15H18N2O2S. The van der Waals surface area contributed by atoms with Crippen LogP contribution in [0, 0.1) is 0 Å². The van der Waals surface area contributed by atoms with Crippen molar-refractivity contribution < 1.29 is 9.59 Å². The Morgan fingerprint density at radius 3 is 2.70 bits per heavy atom. The molecule has 0 radical (unpaired) electrons. The Hall–Kier alpha value is -1.49. The van der Waals surface area contributed by atoms with Crippen LogP contribution in [0.4, 0.5) is 0 Å². The van der Waals surface area contributed by atoms with Gasteiger partial charge in [-0.05, 0) is 17.7 Å². The maximum absolute atomic E-state index is 12.6. The zero-order valence-electron chi connectivity index (χ0n) is 11.5. The van der Waals surface area contributed by atoms with Crippen molar-refractivity contribution in [1.82, 2.24) is 9.80 Å². The monoisotopic (exact) mass is 290 g/mol. The summed E-state index contributed by atoms with van der Waals surface area (Å²) >= 11 is 1.73. The summed E-state index contributed by atoms with van der Waals surface area (Å²) in [6, 6.07) is 9.29. The van der Waals surface area contributed by atoms with Gasteiger partial charge in [-0.1, -0.05) is 30.3 Å². The third-order valence-electron chi connectivity index (χ3n) is 4.08. The maximum Gasteiger partial charge on any atom is 0.247 e. The van der Waals surface area contributed by atoms with Crippen molar-refractivity contribution in [2.45, 2.75) is 24.9 Å². The molecule has 1 aromatic rings. The highest BCUT2D eigenvalue weighted by atomic mass is 32.2. The van der Waals surface area contributed by atoms with E-state index in [1.165, 1.54) is 0 Å². The Morgan fingerprint density at radius 1 is 1.20 bits per heavy atom. The lowest BCUT2D eigenvalue weighted by Crippen LogP contribution is -2.65. The Bertz CT molecular complexity index is 520. The van der Waals surface area contributed by atoms with Gasteiger partial charge in [0.25, 0.3) is 0 Å². The number of carbonyl (C=O) groups is 2. The summed E-state index contributed by atoms with van der Waals surface area (Å²) in [6.07, 6.45) is 1.37. The molecule has 2 heterocycles. The molecule has 0 aliphatic carbocycles. The molecule has 0 saturated carbocycles. The summed E-state index contributed by atoms with van der Waals surface area (Å²) in [5, 5.41) is 0. The van der Waals surface area contributed by atoms with Gasteiger partial charge in [0.05, 0.1) is 5.88 Å². The number of rotatable bonds is 2. The third kappa shape index (κ3) is 2.30. The van der Waals surface area contributed by atoms with Gasteiger partial charge in [0, 0.05) is 13.5 Å². The van der Waals surface area contributed by atoms with Crippen LogP contribution in [0.15, 0.2) is 30.3 Å². The number of likely N-dealkylation sites (N-methyl/N-ethyl adjacent to an activating group) is 1. The van der Waals surface area contributed by atoms with Gasteiger partial charge in [0.2, 0.25) is 11.8 Å². The summed E-state index contributed by atoms with van der Waals surface area (Å²) in [5.74, 6) is 1.78. The molecule has 0 N–H and O–H groups in total. The van der Waals surface area contributed by atoms with Crippen LogP contribution in [0.1, 0.15) is 12.0 Å². The zero-order valence-corrected chi connectivity index (χ0v) is 12.3.